The molecule has 0 saturated heterocycles. The van der Waals surface area contributed by atoms with Crippen LogP contribution in [-0.4, -0.2) is 39.9 Å². The number of nitro groups is 1. The summed E-state index contributed by atoms with van der Waals surface area (Å²) in [6.45, 7) is 1.39. The third kappa shape index (κ3) is 5.27. The Morgan fingerprint density at radius 3 is 2.38 bits per heavy atom. The molecule has 21 heavy (non-hydrogen) atoms. The van der Waals surface area contributed by atoms with Gasteiger partial charge in [0.15, 0.2) is 5.03 Å². The molecule has 1 N–H and O–H groups in total. The van der Waals surface area contributed by atoms with Gasteiger partial charge in [-0.2, -0.15) is 0 Å². The van der Waals surface area contributed by atoms with Gasteiger partial charge in [0, 0.05) is 6.42 Å². The van der Waals surface area contributed by atoms with E-state index < -0.39 is 23.1 Å². The van der Waals surface area contributed by atoms with Gasteiger partial charge >= 0.3 is 12.1 Å². The van der Waals surface area contributed by atoms with Crippen molar-refractivity contribution >= 4 is 24.5 Å². The Hall–Kier alpha value is -2.35. The molecular weight excluding hydrogens is 304 g/mol. The molecule has 1 atom stereocenters. The van der Waals surface area contributed by atoms with E-state index in [2.05, 4.69) is 4.74 Å². The van der Waals surface area contributed by atoms with Gasteiger partial charge in [0.05, 0.1) is 6.61 Å². The van der Waals surface area contributed by atoms with Crippen LogP contribution >= 0.6 is 12.4 Å². The first-order valence-corrected chi connectivity index (χ1v) is 5.84. The second-order valence-corrected chi connectivity index (χ2v) is 3.83. The molecule has 0 unspecified atom stereocenters. The molecule has 0 bridgehead atoms. The lowest BCUT2D eigenvalue weighted by Crippen LogP contribution is -2.49. The van der Waals surface area contributed by atoms with Crippen LogP contribution in [0.15, 0.2) is 30.3 Å². The summed E-state index contributed by atoms with van der Waals surface area (Å²) in [6, 6.07) is 6.70. The lowest BCUT2D eigenvalue weighted by molar-refractivity contribution is -0.641. The van der Waals surface area contributed by atoms with Crippen LogP contribution in [0.2, 0.25) is 0 Å². The molecule has 0 saturated carbocycles. The molecule has 8 nitrogen and oxygen atoms in total. The topological polar surface area (TPSA) is 110 Å². The van der Waals surface area contributed by atoms with E-state index in [4.69, 9.17) is 5.11 Å². The second-order valence-electron chi connectivity index (χ2n) is 3.83. The van der Waals surface area contributed by atoms with E-state index in [-0.39, 0.29) is 30.4 Å². The van der Waals surface area contributed by atoms with E-state index in [1.165, 1.54) is 6.92 Å². The quantitative estimate of drug-likeness (QED) is 0.632. The van der Waals surface area contributed by atoms with Gasteiger partial charge in [-0.3, -0.25) is 0 Å². The zero-order chi connectivity index (χ0) is 15.1. The van der Waals surface area contributed by atoms with Crippen LogP contribution in [-0.2, 0) is 16.0 Å². The van der Waals surface area contributed by atoms with Crippen LogP contribution in [0.1, 0.15) is 12.5 Å². The number of hydrogen-bond donors (Lipinski definition) is 1. The molecule has 0 aliphatic rings. The summed E-state index contributed by atoms with van der Waals surface area (Å²) in [6.07, 6.45) is -1.48. The van der Waals surface area contributed by atoms with Crippen molar-refractivity contribution in [3.8, 4) is 0 Å². The van der Waals surface area contributed by atoms with Gasteiger partial charge < -0.3 is 9.84 Å². The minimum absolute atomic E-state index is 0. The zero-order valence-corrected chi connectivity index (χ0v) is 12.0. The summed E-state index contributed by atoms with van der Waals surface area (Å²) in [5, 5.41) is 19.0. The number of ether oxygens (including phenoxy) is 1. The highest BCUT2D eigenvalue weighted by Crippen LogP contribution is 2.11. The lowest BCUT2D eigenvalue weighted by Gasteiger charge is -2.18. The first-order chi connectivity index (χ1) is 9.47. The number of benzene rings is 1. The SMILES string of the molecule is CCOC(=O)N([C@@H](Cc1ccccc1)C(=O)O)[N+](=O)[O-].Cl. The number of amides is 1. The average molecular weight is 319 g/mol. The van der Waals surface area contributed by atoms with Gasteiger partial charge in [-0.05, 0) is 17.5 Å². The van der Waals surface area contributed by atoms with E-state index in [1.54, 1.807) is 30.3 Å². The molecule has 1 amide bonds. The number of halogens is 1. The predicted octanol–water partition coefficient (Wildman–Crippen LogP) is 1.75. The Kier molecular flexibility index (Phi) is 7.77. The van der Waals surface area contributed by atoms with Crippen LogP contribution in [0.5, 0.6) is 0 Å². The smallest absolute Gasteiger partial charge is 0.469 e. The number of carboxylic acids is 1. The fourth-order valence-corrected chi connectivity index (χ4v) is 1.61. The van der Waals surface area contributed by atoms with Gasteiger partial charge in [0.25, 0.3) is 0 Å². The summed E-state index contributed by atoms with van der Waals surface area (Å²) >= 11 is 0. The van der Waals surface area contributed by atoms with Crippen LogP contribution < -0.4 is 0 Å². The molecule has 116 valence electrons. The van der Waals surface area contributed by atoms with Gasteiger partial charge in [-0.25, -0.2) is 19.7 Å². The van der Waals surface area contributed by atoms with Crippen molar-refractivity contribution in [2.45, 2.75) is 19.4 Å². The molecule has 0 spiro atoms. The van der Waals surface area contributed by atoms with Crippen LogP contribution in [0.25, 0.3) is 0 Å². The third-order valence-corrected chi connectivity index (χ3v) is 2.48. The number of hydrogen-bond acceptors (Lipinski definition) is 5. The van der Waals surface area contributed by atoms with E-state index in [1.807, 2.05) is 0 Å². The summed E-state index contributed by atoms with van der Waals surface area (Å²) < 4.78 is 4.52. The zero-order valence-electron chi connectivity index (χ0n) is 11.2. The fourth-order valence-electron chi connectivity index (χ4n) is 1.61. The number of carbonyl (C=O) groups excluding carboxylic acids is 1. The van der Waals surface area contributed by atoms with Crippen LogP contribution in [0.3, 0.4) is 0 Å². The average Bonchev–Trinajstić information content (AvgIpc) is 2.39. The first kappa shape index (κ1) is 18.7. The summed E-state index contributed by atoms with van der Waals surface area (Å²) in [5.74, 6) is -1.47. The van der Waals surface area contributed by atoms with Crippen LogP contribution in [0, 0.1) is 10.1 Å². The molecule has 0 fully saturated rings. The first-order valence-electron chi connectivity index (χ1n) is 5.84. The highest BCUT2D eigenvalue weighted by atomic mass is 35.5. The Morgan fingerprint density at radius 2 is 1.95 bits per heavy atom. The molecule has 0 aliphatic carbocycles. The molecule has 1 aromatic carbocycles. The minimum atomic E-state index is -1.63. The fraction of sp³-hybridized carbons (Fsp3) is 0.333. The van der Waals surface area contributed by atoms with E-state index in [0.717, 1.165) is 0 Å². The van der Waals surface area contributed by atoms with Crippen molar-refractivity contribution in [3.05, 3.63) is 46.0 Å². The van der Waals surface area contributed by atoms with Gasteiger partial charge in [0.1, 0.15) is 0 Å². The minimum Gasteiger partial charge on any atom is -0.480 e. The highest BCUT2D eigenvalue weighted by Gasteiger charge is 2.40. The van der Waals surface area contributed by atoms with E-state index in [9.17, 15) is 19.7 Å². The van der Waals surface area contributed by atoms with Crippen molar-refractivity contribution in [2.75, 3.05) is 6.61 Å². The third-order valence-electron chi connectivity index (χ3n) is 2.48. The lowest BCUT2D eigenvalue weighted by atomic mass is 10.1. The van der Waals surface area contributed by atoms with Gasteiger partial charge in [-0.1, -0.05) is 30.3 Å². The number of carbonyl (C=O) groups is 2. The van der Waals surface area contributed by atoms with Gasteiger partial charge in [0.2, 0.25) is 6.04 Å². The van der Waals surface area contributed by atoms with Crippen LogP contribution in [0.4, 0.5) is 4.79 Å². The number of nitrogens with zero attached hydrogens (tertiary/aromatic N) is 2. The van der Waals surface area contributed by atoms with E-state index in [0.29, 0.717) is 5.56 Å². The Bertz CT molecular complexity index is 496. The second kappa shape index (κ2) is 8.75. The maximum absolute atomic E-state index is 11.5. The van der Waals surface area contributed by atoms with Crippen molar-refractivity contribution in [2.24, 2.45) is 0 Å². The van der Waals surface area contributed by atoms with Crippen molar-refractivity contribution in [1.29, 1.82) is 0 Å². The number of carboxylic acid groups (broad SMARTS) is 1. The normalized spacial score (nSPS) is 10.9. The molecule has 0 heterocycles. The Balaban J connectivity index is 0.00000400. The predicted molar refractivity (Wildman–Crippen MR) is 74.7 cm³/mol. The highest BCUT2D eigenvalue weighted by molar-refractivity contribution is 5.85. The maximum Gasteiger partial charge on any atom is 0.469 e. The molecule has 1 rings (SSSR count). The summed E-state index contributed by atoms with van der Waals surface area (Å²) in [5.41, 5.74) is 0.566. The molecule has 1 aromatic rings. The largest absolute Gasteiger partial charge is 0.480 e. The molecule has 9 heteroatoms. The van der Waals surface area contributed by atoms with Gasteiger partial charge in [-0.15, -0.1) is 12.4 Å². The standard InChI is InChI=1S/C12H14N2O6.ClH/c1-2-20-12(17)13(14(18)19)10(11(15)16)8-9-6-4-3-5-7-9;/h3-7,10H,2,8H2,1H3,(H,15,16);1H/t10-;/m0./s1. The molecule has 0 aliphatic heterocycles. The molecular formula is C12H15ClN2O6. The maximum atomic E-state index is 11.5. The Morgan fingerprint density at radius 1 is 1.38 bits per heavy atom. The number of rotatable bonds is 6. The Labute approximate surface area is 126 Å². The monoisotopic (exact) mass is 318 g/mol. The molecule has 0 radical (unpaired) electrons. The summed E-state index contributed by atoms with van der Waals surface area (Å²) in [4.78, 5) is 33.6. The number of hydrazine groups is 1. The summed E-state index contributed by atoms with van der Waals surface area (Å²) in [7, 11) is 0. The van der Waals surface area contributed by atoms with Crippen molar-refractivity contribution < 1.29 is 24.5 Å². The number of aliphatic carboxylic acids is 1. The van der Waals surface area contributed by atoms with Crippen molar-refractivity contribution in [3.63, 3.8) is 0 Å². The van der Waals surface area contributed by atoms with E-state index >= 15 is 0 Å². The molecule has 0 aromatic heterocycles. The van der Waals surface area contributed by atoms with Crippen molar-refractivity contribution in [1.82, 2.24) is 5.01 Å².